The van der Waals surface area contributed by atoms with Crippen molar-refractivity contribution in [2.75, 3.05) is 19.6 Å². The number of primary amides is 1. The number of unbranched alkanes of at least 4 members (excludes halogenated alkanes) is 1. The molecule has 0 saturated carbocycles. The van der Waals surface area contributed by atoms with E-state index in [0.29, 0.717) is 51.5 Å². The van der Waals surface area contributed by atoms with Gasteiger partial charge in [-0.1, -0.05) is 68.3 Å². The Bertz CT molecular complexity index is 2140. The number of carbonyl (C=O) groups excluding carboxylic acids is 7. The zero-order chi connectivity index (χ0) is 46.3. The molecule has 19 heteroatoms. The second-order valence-electron chi connectivity index (χ2n) is 16.6. The van der Waals surface area contributed by atoms with Crippen LogP contribution in [0, 0.1) is 0 Å². The fourth-order valence-corrected chi connectivity index (χ4v) is 8.33. The van der Waals surface area contributed by atoms with E-state index in [1.807, 2.05) is 61.5 Å². The van der Waals surface area contributed by atoms with Gasteiger partial charge in [-0.25, -0.2) is 0 Å². The third kappa shape index (κ3) is 13.0. The summed E-state index contributed by atoms with van der Waals surface area (Å²) in [5.74, 6) is -3.95. The number of hydrogen-bond acceptors (Lipinski definition) is 9. The monoisotopic (exact) mass is 885 g/mol. The van der Waals surface area contributed by atoms with E-state index in [9.17, 15) is 33.6 Å². The van der Waals surface area contributed by atoms with Gasteiger partial charge in [0, 0.05) is 49.6 Å². The lowest BCUT2D eigenvalue weighted by molar-refractivity contribution is -0.148. The molecular weight excluding hydrogens is 821 g/mol. The molecule has 0 radical (unpaired) electrons. The fourth-order valence-electron chi connectivity index (χ4n) is 8.33. The lowest BCUT2D eigenvalue weighted by Crippen LogP contribution is -2.60. The molecule has 5 rings (SSSR count). The Morgan fingerprint density at radius 1 is 0.750 bits per heavy atom. The van der Waals surface area contributed by atoms with Crippen LogP contribution in [-0.4, -0.2) is 124 Å². The van der Waals surface area contributed by atoms with Crippen molar-refractivity contribution in [3.63, 3.8) is 0 Å². The molecule has 13 N–H and O–H groups in total. The van der Waals surface area contributed by atoms with Crippen molar-refractivity contribution in [2.24, 2.45) is 27.9 Å². The Morgan fingerprint density at radius 2 is 1.42 bits per heavy atom. The molecule has 0 spiro atoms. The van der Waals surface area contributed by atoms with E-state index in [1.165, 1.54) is 16.7 Å². The summed E-state index contributed by atoms with van der Waals surface area (Å²) in [6.45, 7) is 4.27. The molecule has 0 bridgehead atoms. The first-order valence-electron chi connectivity index (χ1n) is 22.2. The van der Waals surface area contributed by atoms with E-state index in [0.717, 1.165) is 28.5 Å². The molecule has 0 unspecified atom stereocenters. The predicted molar refractivity (Wildman–Crippen MR) is 242 cm³/mol. The number of H-pyrrole nitrogens is 1. The molecule has 64 heavy (non-hydrogen) atoms. The molecular formula is C45H64N12O7. The molecule has 7 atom stereocenters. The maximum Gasteiger partial charge on any atom is 0.246 e. The molecule has 7 amide bonds. The fraction of sp³-hybridized carbons (Fsp3) is 0.511. The highest BCUT2D eigenvalue weighted by Gasteiger charge is 2.44. The third-order valence-electron chi connectivity index (χ3n) is 11.9. The summed E-state index contributed by atoms with van der Waals surface area (Å²) in [4.78, 5) is 106. The van der Waals surface area contributed by atoms with Gasteiger partial charge in [0.2, 0.25) is 41.4 Å². The Balaban J connectivity index is 1.35. The van der Waals surface area contributed by atoms with Gasteiger partial charge >= 0.3 is 0 Å². The molecule has 2 aliphatic heterocycles. The summed E-state index contributed by atoms with van der Waals surface area (Å²) in [7, 11) is 0. The van der Waals surface area contributed by atoms with Crippen LogP contribution in [0.4, 0.5) is 0 Å². The van der Waals surface area contributed by atoms with Crippen molar-refractivity contribution < 1.29 is 33.6 Å². The van der Waals surface area contributed by atoms with Crippen molar-refractivity contribution in [1.82, 2.24) is 36.1 Å². The number of nitrogens with zero attached hydrogens (tertiary/aromatic N) is 3. The Hall–Kier alpha value is -6.50. The number of aromatic amines is 1. The largest absolute Gasteiger partial charge is 0.370 e. The van der Waals surface area contributed by atoms with E-state index in [1.54, 1.807) is 6.20 Å². The average Bonchev–Trinajstić information content (AvgIpc) is 4.07. The zero-order valence-corrected chi connectivity index (χ0v) is 36.7. The number of nitrogens with two attached hydrogens (primary N) is 4. The van der Waals surface area contributed by atoms with Gasteiger partial charge in [0.25, 0.3) is 0 Å². The molecule has 2 saturated heterocycles. The van der Waals surface area contributed by atoms with Gasteiger partial charge in [-0.2, -0.15) is 0 Å². The second-order valence-corrected chi connectivity index (χ2v) is 16.6. The van der Waals surface area contributed by atoms with Crippen LogP contribution in [0.3, 0.4) is 0 Å². The number of amides is 7. The van der Waals surface area contributed by atoms with Gasteiger partial charge in [-0.15, -0.1) is 0 Å². The Morgan fingerprint density at radius 3 is 2.12 bits per heavy atom. The zero-order valence-electron chi connectivity index (χ0n) is 36.7. The van der Waals surface area contributed by atoms with Gasteiger partial charge < -0.3 is 59.0 Å². The molecule has 2 aromatic carbocycles. The Labute approximate surface area is 373 Å². The summed E-state index contributed by atoms with van der Waals surface area (Å²) in [5.41, 5.74) is 24.7. The van der Waals surface area contributed by atoms with E-state index in [4.69, 9.17) is 22.9 Å². The maximum absolute atomic E-state index is 14.7. The highest BCUT2D eigenvalue weighted by atomic mass is 16.2. The number of fused-ring (bicyclic) bond motifs is 1. The standard InChI is InChI=1S/C45H64N12O7/c1-3-4-17-33(38(47)58)53-42(62)36-19-11-22-56(36)44(64)37-20-12-23-57(37)43(63)35(24-28-13-6-5-7-14-28)55-41(61)34(25-29-26-51-32-18-9-8-15-30(29)32)54-39(59)27(2)52-40(60)31(46)16-10-21-50-45(48)49/h5-9,13-15,18,26-27,31,33-37,51H,3-4,10-12,16-17,19-25,46H2,1-2H3,(H2,47,58)(H,52,60)(H,53,62)(H,54,59)(H,55,61)(H4,48,49,50)/t27-,31-,33-,34+,35-,36-,37+/m0/s1. The van der Waals surface area contributed by atoms with Crippen molar-refractivity contribution in [2.45, 2.75) is 127 Å². The Kier molecular flexibility index (Phi) is 17.6. The third-order valence-corrected chi connectivity index (χ3v) is 11.9. The number of rotatable bonds is 22. The van der Waals surface area contributed by atoms with Crippen molar-refractivity contribution in [3.05, 3.63) is 71.9 Å². The van der Waals surface area contributed by atoms with E-state index in [2.05, 4.69) is 31.2 Å². The first kappa shape index (κ1) is 48.5. The van der Waals surface area contributed by atoms with Crippen LogP contribution in [0.15, 0.2) is 65.8 Å². The number of aliphatic imine (C=N–C) groups is 1. The quantitative estimate of drug-likeness (QED) is 0.0368. The first-order valence-corrected chi connectivity index (χ1v) is 22.2. The van der Waals surface area contributed by atoms with Crippen LogP contribution >= 0.6 is 0 Å². The number of guanidine groups is 1. The summed E-state index contributed by atoms with van der Waals surface area (Å²) < 4.78 is 0. The van der Waals surface area contributed by atoms with Gasteiger partial charge in [-0.3, -0.25) is 38.6 Å². The predicted octanol–water partition coefficient (Wildman–Crippen LogP) is -0.0494. The normalized spacial score (nSPS) is 18.3. The molecule has 19 nitrogen and oxygen atoms in total. The summed E-state index contributed by atoms with van der Waals surface area (Å²) in [5, 5.41) is 11.9. The molecule has 3 heterocycles. The van der Waals surface area contributed by atoms with Crippen molar-refractivity contribution in [3.8, 4) is 0 Å². The molecule has 2 aliphatic rings. The van der Waals surface area contributed by atoms with Gasteiger partial charge in [-0.05, 0) is 69.1 Å². The second kappa shape index (κ2) is 23.3. The lowest BCUT2D eigenvalue weighted by atomic mass is 10.0. The number of para-hydroxylation sites is 1. The number of hydrogen-bond donors (Lipinski definition) is 9. The lowest BCUT2D eigenvalue weighted by Gasteiger charge is -2.33. The smallest absolute Gasteiger partial charge is 0.246 e. The first-order chi connectivity index (χ1) is 30.7. The number of nitrogens with one attached hydrogen (secondary N) is 5. The topological polar surface area (TPSA) is 306 Å². The highest BCUT2D eigenvalue weighted by Crippen LogP contribution is 2.27. The number of likely N-dealkylation sites (tertiary alicyclic amines) is 2. The van der Waals surface area contributed by atoms with Crippen LogP contribution in [0.2, 0.25) is 0 Å². The molecule has 0 aliphatic carbocycles. The highest BCUT2D eigenvalue weighted by molar-refractivity contribution is 5.98. The number of benzene rings is 2. The minimum absolute atomic E-state index is 0.0249. The van der Waals surface area contributed by atoms with Crippen molar-refractivity contribution in [1.29, 1.82) is 0 Å². The van der Waals surface area contributed by atoms with Crippen LogP contribution in [0.25, 0.3) is 10.9 Å². The van der Waals surface area contributed by atoms with Crippen LogP contribution in [0.1, 0.15) is 82.8 Å². The molecule has 2 fully saturated rings. The van der Waals surface area contributed by atoms with E-state index < -0.39 is 77.7 Å². The number of aromatic nitrogens is 1. The van der Waals surface area contributed by atoms with Crippen LogP contribution < -0.4 is 44.2 Å². The summed E-state index contributed by atoms with van der Waals surface area (Å²) >= 11 is 0. The average molecular weight is 885 g/mol. The SMILES string of the molecule is CCCC[C@H](NC(=O)[C@@H]1CCCN1C(=O)[C@H]1CCCN1C(=O)[C@H](Cc1ccccc1)NC(=O)[C@@H](Cc1c[nH]c2ccccc12)NC(=O)[C@H](C)NC(=O)[C@@H](N)CCCN=C(N)N)C(N)=O. The maximum atomic E-state index is 14.7. The molecule has 3 aromatic rings. The number of carbonyl (C=O) groups is 7. The van der Waals surface area contributed by atoms with E-state index >= 15 is 0 Å². The van der Waals surface area contributed by atoms with Crippen LogP contribution in [0.5, 0.6) is 0 Å². The van der Waals surface area contributed by atoms with Crippen molar-refractivity contribution >= 4 is 58.2 Å². The van der Waals surface area contributed by atoms with E-state index in [-0.39, 0.29) is 44.2 Å². The van der Waals surface area contributed by atoms with Gasteiger partial charge in [0.1, 0.15) is 36.3 Å². The minimum atomic E-state index is -1.22. The molecule has 1 aromatic heterocycles. The summed E-state index contributed by atoms with van der Waals surface area (Å²) in [6, 6.07) is 9.61. The summed E-state index contributed by atoms with van der Waals surface area (Å²) in [6.07, 6.45) is 6.25. The van der Waals surface area contributed by atoms with Gasteiger partial charge in [0.05, 0.1) is 6.04 Å². The minimum Gasteiger partial charge on any atom is -0.370 e. The van der Waals surface area contributed by atoms with Crippen LogP contribution in [-0.2, 0) is 46.4 Å². The molecule has 346 valence electrons. The van der Waals surface area contributed by atoms with Gasteiger partial charge in [0.15, 0.2) is 5.96 Å².